The smallest absolute Gasteiger partial charge is 0.274 e. The maximum atomic E-state index is 12.9. The lowest BCUT2D eigenvalue weighted by atomic mass is 10.1. The van der Waals surface area contributed by atoms with Crippen molar-refractivity contribution in [3.63, 3.8) is 0 Å². The Kier molecular flexibility index (Phi) is 6.37. The predicted octanol–water partition coefficient (Wildman–Crippen LogP) is 3.80. The van der Waals surface area contributed by atoms with E-state index in [0.717, 1.165) is 44.0 Å². The van der Waals surface area contributed by atoms with E-state index >= 15 is 0 Å². The third-order valence-corrected chi connectivity index (χ3v) is 5.86. The number of hydrogen-bond donors (Lipinski definition) is 0. The average Bonchev–Trinajstić information content (AvgIpc) is 3.24. The van der Waals surface area contributed by atoms with Crippen LogP contribution in [0, 0.1) is 20.8 Å². The number of ether oxygens (including phenoxy) is 1. The Morgan fingerprint density at radius 3 is 2.48 bits per heavy atom. The molecule has 31 heavy (non-hydrogen) atoms. The van der Waals surface area contributed by atoms with Gasteiger partial charge in [-0.25, -0.2) is 4.68 Å². The molecule has 1 aliphatic rings. The molecule has 0 unspecified atom stereocenters. The number of piperazine rings is 1. The molecule has 1 aromatic heterocycles. The van der Waals surface area contributed by atoms with Crippen LogP contribution >= 0.6 is 0 Å². The van der Waals surface area contributed by atoms with Gasteiger partial charge in [-0.15, -0.1) is 0 Å². The van der Waals surface area contributed by atoms with E-state index in [1.165, 1.54) is 16.7 Å². The number of aromatic nitrogens is 2. The summed E-state index contributed by atoms with van der Waals surface area (Å²) < 4.78 is 7.53. The van der Waals surface area contributed by atoms with Crippen LogP contribution in [0.25, 0.3) is 0 Å². The molecule has 3 aromatic rings. The van der Waals surface area contributed by atoms with Crippen LogP contribution in [-0.2, 0) is 13.3 Å². The first-order valence-corrected chi connectivity index (χ1v) is 10.8. The highest BCUT2D eigenvalue weighted by Crippen LogP contribution is 2.19. The van der Waals surface area contributed by atoms with Gasteiger partial charge in [-0.05, 0) is 49.6 Å². The molecule has 1 amide bonds. The van der Waals surface area contributed by atoms with Crippen LogP contribution in [0.15, 0.2) is 54.7 Å². The first-order chi connectivity index (χ1) is 15.0. The summed E-state index contributed by atoms with van der Waals surface area (Å²) in [5, 5.41) is 4.43. The van der Waals surface area contributed by atoms with Gasteiger partial charge in [-0.3, -0.25) is 9.69 Å². The maximum absolute atomic E-state index is 12.9. The molecule has 0 atom stereocenters. The van der Waals surface area contributed by atoms with Gasteiger partial charge in [0.1, 0.15) is 5.75 Å². The quantitative estimate of drug-likeness (QED) is 0.611. The molecule has 0 bridgehead atoms. The van der Waals surface area contributed by atoms with Gasteiger partial charge in [0.25, 0.3) is 5.91 Å². The van der Waals surface area contributed by atoms with E-state index in [0.29, 0.717) is 5.69 Å². The molecule has 2 heterocycles. The van der Waals surface area contributed by atoms with Crippen LogP contribution in [0.3, 0.4) is 0 Å². The third-order valence-electron chi connectivity index (χ3n) is 5.86. The molecular weight excluding hydrogens is 388 g/mol. The minimum atomic E-state index is -0.0131. The Morgan fingerprint density at radius 1 is 0.968 bits per heavy atom. The molecule has 0 radical (unpaired) electrons. The van der Waals surface area contributed by atoms with Crippen molar-refractivity contribution in [2.75, 3.05) is 26.2 Å². The van der Waals surface area contributed by atoms with Crippen molar-refractivity contribution in [1.29, 1.82) is 0 Å². The summed E-state index contributed by atoms with van der Waals surface area (Å²) in [5.41, 5.74) is 5.43. The van der Waals surface area contributed by atoms with Gasteiger partial charge in [-0.1, -0.05) is 42.0 Å². The summed E-state index contributed by atoms with van der Waals surface area (Å²) in [6, 6.07) is 16.3. The minimum Gasteiger partial charge on any atom is -0.471 e. The van der Waals surface area contributed by atoms with Crippen LogP contribution in [0.5, 0.6) is 5.75 Å². The summed E-state index contributed by atoms with van der Waals surface area (Å²) in [6.45, 7) is 10.6. The monoisotopic (exact) mass is 418 g/mol. The lowest BCUT2D eigenvalue weighted by Gasteiger charge is -2.34. The third kappa shape index (κ3) is 5.14. The molecule has 0 N–H and O–H groups in total. The van der Waals surface area contributed by atoms with Crippen molar-refractivity contribution >= 4 is 5.91 Å². The lowest BCUT2D eigenvalue weighted by molar-refractivity contribution is 0.0620. The Bertz CT molecular complexity index is 1050. The largest absolute Gasteiger partial charge is 0.471 e. The highest BCUT2D eigenvalue weighted by atomic mass is 16.5. The number of aryl methyl sites for hydroxylation is 3. The summed E-state index contributed by atoms with van der Waals surface area (Å²) in [5.74, 6) is 0.819. The Labute approximate surface area is 184 Å². The van der Waals surface area contributed by atoms with Crippen molar-refractivity contribution in [2.45, 2.75) is 34.0 Å². The van der Waals surface area contributed by atoms with E-state index in [4.69, 9.17) is 4.74 Å². The second-order valence-electron chi connectivity index (χ2n) is 8.28. The number of rotatable bonds is 6. The normalized spacial score (nSPS) is 14.6. The fourth-order valence-electron chi connectivity index (χ4n) is 3.94. The SMILES string of the molecule is Cc1ccc(OCn2ccc(C(=O)N3CCN(Cc4ccccc4C)CC3)n2)c(C)c1. The molecule has 162 valence electrons. The fraction of sp³-hybridized carbons (Fsp3) is 0.360. The maximum Gasteiger partial charge on any atom is 0.274 e. The van der Waals surface area contributed by atoms with Crippen LogP contribution in [0.2, 0.25) is 0 Å². The van der Waals surface area contributed by atoms with Crippen LogP contribution in [0.1, 0.15) is 32.7 Å². The Hall–Kier alpha value is -3.12. The van der Waals surface area contributed by atoms with Crippen LogP contribution in [0.4, 0.5) is 0 Å². The highest BCUT2D eigenvalue weighted by molar-refractivity contribution is 5.92. The zero-order valence-electron chi connectivity index (χ0n) is 18.5. The number of benzene rings is 2. The predicted molar refractivity (Wildman–Crippen MR) is 121 cm³/mol. The van der Waals surface area contributed by atoms with E-state index in [9.17, 15) is 4.79 Å². The number of amides is 1. The molecule has 2 aromatic carbocycles. The molecule has 1 aliphatic heterocycles. The van der Waals surface area contributed by atoms with Crippen LogP contribution < -0.4 is 4.74 Å². The van der Waals surface area contributed by atoms with E-state index in [2.05, 4.69) is 54.2 Å². The van der Waals surface area contributed by atoms with Gasteiger partial charge in [0.05, 0.1) is 0 Å². The summed E-state index contributed by atoms with van der Waals surface area (Å²) >= 11 is 0. The average molecular weight is 419 g/mol. The van der Waals surface area contributed by atoms with E-state index in [1.807, 2.05) is 24.0 Å². The number of nitrogens with zero attached hydrogens (tertiary/aromatic N) is 4. The summed E-state index contributed by atoms with van der Waals surface area (Å²) in [6.07, 6.45) is 1.80. The molecule has 1 fully saturated rings. The molecule has 6 nitrogen and oxygen atoms in total. The van der Waals surface area contributed by atoms with Crippen LogP contribution in [-0.4, -0.2) is 51.7 Å². The Balaban J connectivity index is 1.29. The topological polar surface area (TPSA) is 50.6 Å². The van der Waals surface area contributed by atoms with E-state index < -0.39 is 0 Å². The van der Waals surface area contributed by atoms with Crippen molar-refractivity contribution in [1.82, 2.24) is 19.6 Å². The molecule has 6 heteroatoms. The zero-order chi connectivity index (χ0) is 21.8. The zero-order valence-corrected chi connectivity index (χ0v) is 18.5. The lowest BCUT2D eigenvalue weighted by Crippen LogP contribution is -2.48. The molecule has 0 saturated carbocycles. The Morgan fingerprint density at radius 2 is 1.74 bits per heavy atom. The first kappa shape index (κ1) is 21.1. The van der Waals surface area contributed by atoms with E-state index in [-0.39, 0.29) is 12.6 Å². The standard InChI is InChI=1S/C25H30N4O2/c1-19-8-9-24(21(3)16-19)31-18-29-11-10-23(26-29)25(30)28-14-12-27(13-15-28)17-22-7-5-4-6-20(22)2/h4-11,16H,12-15,17-18H2,1-3H3. The minimum absolute atomic E-state index is 0.0131. The molecule has 0 spiro atoms. The van der Waals surface area contributed by atoms with E-state index in [1.54, 1.807) is 16.9 Å². The fourth-order valence-corrected chi connectivity index (χ4v) is 3.94. The van der Waals surface area contributed by atoms with Gasteiger partial charge in [0.15, 0.2) is 12.4 Å². The summed E-state index contributed by atoms with van der Waals surface area (Å²) in [7, 11) is 0. The summed E-state index contributed by atoms with van der Waals surface area (Å²) in [4.78, 5) is 17.2. The number of carbonyl (C=O) groups is 1. The van der Waals surface area contributed by atoms with Gasteiger partial charge >= 0.3 is 0 Å². The van der Waals surface area contributed by atoms with Crippen molar-refractivity contribution in [3.8, 4) is 5.75 Å². The van der Waals surface area contributed by atoms with Crippen molar-refractivity contribution < 1.29 is 9.53 Å². The molecule has 0 aliphatic carbocycles. The number of hydrogen-bond acceptors (Lipinski definition) is 4. The first-order valence-electron chi connectivity index (χ1n) is 10.8. The van der Waals surface area contributed by atoms with Crippen molar-refractivity contribution in [2.24, 2.45) is 0 Å². The molecule has 4 rings (SSSR count). The highest BCUT2D eigenvalue weighted by Gasteiger charge is 2.24. The van der Waals surface area contributed by atoms with Crippen molar-refractivity contribution in [3.05, 3.63) is 82.7 Å². The number of carbonyl (C=O) groups excluding carboxylic acids is 1. The van der Waals surface area contributed by atoms with Gasteiger partial charge in [0, 0.05) is 38.9 Å². The van der Waals surface area contributed by atoms with Gasteiger partial charge in [0.2, 0.25) is 0 Å². The second kappa shape index (κ2) is 9.35. The molecule has 1 saturated heterocycles. The van der Waals surface area contributed by atoms with Gasteiger partial charge in [-0.2, -0.15) is 5.10 Å². The second-order valence-corrected chi connectivity index (χ2v) is 8.28. The van der Waals surface area contributed by atoms with Gasteiger partial charge < -0.3 is 9.64 Å². The molecular formula is C25H30N4O2.